The van der Waals surface area contributed by atoms with Crippen molar-refractivity contribution in [1.82, 2.24) is 0 Å². The second kappa shape index (κ2) is 9.29. The van der Waals surface area contributed by atoms with Gasteiger partial charge in [-0.15, -0.1) is 0 Å². The Bertz CT molecular complexity index is 1280. The Morgan fingerprint density at radius 2 is 1.49 bits per heavy atom. The molecule has 0 aliphatic carbocycles. The lowest BCUT2D eigenvalue weighted by Gasteiger charge is -2.27. The maximum absolute atomic E-state index is 13.3. The Hall–Kier alpha value is -4.06. The fourth-order valence-corrected chi connectivity index (χ4v) is 4.24. The van der Waals surface area contributed by atoms with Crippen LogP contribution in [0.1, 0.15) is 43.5 Å². The second-order valence-electron chi connectivity index (χ2n) is 9.47. The van der Waals surface area contributed by atoms with E-state index in [0.29, 0.717) is 22.7 Å². The highest BCUT2D eigenvalue weighted by atomic mass is 16.5. The number of aliphatic hydroxyl groups excluding tert-OH is 1. The molecule has 1 unspecified atom stereocenters. The van der Waals surface area contributed by atoms with E-state index < -0.39 is 17.7 Å². The van der Waals surface area contributed by atoms with E-state index in [1.54, 1.807) is 62.8 Å². The summed E-state index contributed by atoms with van der Waals surface area (Å²) < 4.78 is 10.5. The van der Waals surface area contributed by atoms with Gasteiger partial charge in [-0.1, -0.05) is 51.1 Å². The van der Waals surface area contributed by atoms with Crippen molar-refractivity contribution in [3.05, 3.63) is 95.1 Å². The number of nitrogens with zero attached hydrogens (tertiary/aromatic N) is 1. The lowest BCUT2D eigenvalue weighted by Crippen LogP contribution is -2.29. The zero-order chi connectivity index (χ0) is 25.3. The predicted molar refractivity (Wildman–Crippen MR) is 136 cm³/mol. The van der Waals surface area contributed by atoms with Gasteiger partial charge in [0.1, 0.15) is 17.3 Å². The molecule has 3 aromatic rings. The highest BCUT2D eigenvalue weighted by molar-refractivity contribution is 6.51. The molecule has 3 aromatic carbocycles. The number of ether oxygens (including phenoxy) is 2. The summed E-state index contributed by atoms with van der Waals surface area (Å²) in [6.07, 6.45) is 0. The first-order valence-corrected chi connectivity index (χ1v) is 11.4. The molecule has 35 heavy (non-hydrogen) atoms. The molecule has 1 amide bonds. The summed E-state index contributed by atoms with van der Waals surface area (Å²) >= 11 is 0. The first kappa shape index (κ1) is 24.1. The molecule has 6 heteroatoms. The van der Waals surface area contributed by atoms with Crippen LogP contribution in [0.4, 0.5) is 5.69 Å². The summed E-state index contributed by atoms with van der Waals surface area (Å²) in [5.74, 6) is -0.514. The van der Waals surface area contributed by atoms with Gasteiger partial charge in [0.25, 0.3) is 11.7 Å². The minimum absolute atomic E-state index is 0.0338. The molecule has 0 radical (unpaired) electrons. The van der Waals surface area contributed by atoms with Crippen LogP contribution in [0.3, 0.4) is 0 Å². The molecular weight excluding hydrogens is 442 g/mol. The molecule has 1 fully saturated rings. The number of carbonyl (C=O) groups is 2. The van der Waals surface area contributed by atoms with Crippen molar-refractivity contribution in [1.29, 1.82) is 0 Å². The Morgan fingerprint density at radius 1 is 0.857 bits per heavy atom. The fraction of sp³-hybridized carbons (Fsp3) is 0.241. The molecular formula is C29H29NO5. The minimum Gasteiger partial charge on any atom is -0.507 e. The summed E-state index contributed by atoms with van der Waals surface area (Å²) in [5, 5.41) is 11.3. The fourth-order valence-electron chi connectivity index (χ4n) is 4.24. The summed E-state index contributed by atoms with van der Waals surface area (Å²) in [6.45, 7) is 6.36. The van der Waals surface area contributed by atoms with Crippen molar-refractivity contribution in [2.45, 2.75) is 32.2 Å². The van der Waals surface area contributed by atoms with E-state index in [4.69, 9.17) is 9.47 Å². The van der Waals surface area contributed by atoms with E-state index in [9.17, 15) is 14.7 Å². The molecule has 1 aliphatic rings. The number of anilines is 1. The average Bonchev–Trinajstić information content (AvgIpc) is 3.13. The first-order chi connectivity index (χ1) is 16.7. The Balaban J connectivity index is 1.91. The van der Waals surface area contributed by atoms with Crippen LogP contribution in [0.15, 0.2) is 78.4 Å². The molecule has 1 N–H and O–H groups in total. The summed E-state index contributed by atoms with van der Waals surface area (Å²) in [7, 11) is 3.09. The van der Waals surface area contributed by atoms with E-state index in [1.165, 1.54) is 4.90 Å². The van der Waals surface area contributed by atoms with Gasteiger partial charge < -0.3 is 14.6 Å². The van der Waals surface area contributed by atoms with Crippen molar-refractivity contribution in [2.24, 2.45) is 0 Å². The number of hydrogen-bond acceptors (Lipinski definition) is 5. The van der Waals surface area contributed by atoms with Gasteiger partial charge in [0.05, 0.1) is 25.8 Å². The topological polar surface area (TPSA) is 76.1 Å². The second-order valence-corrected chi connectivity index (χ2v) is 9.47. The Morgan fingerprint density at radius 3 is 2.06 bits per heavy atom. The van der Waals surface area contributed by atoms with E-state index in [-0.39, 0.29) is 16.7 Å². The largest absolute Gasteiger partial charge is 0.507 e. The van der Waals surface area contributed by atoms with Crippen molar-refractivity contribution >= 4 is 23.1 Å². The number of amides is 1. The highest BCUT2D eigenvalue weighted by Crippen LogP contribution is 2.43. The molecule has 6 nitrogen and oxygen atoms in total. The van der Waals surface area contributed by atoms with Gasteiger partial charge >= 0.3 is 0 Å². The summed E-state index contributed by atoms with van der Waals surface area (Å²) in [5.41, 5.74) is 2.74. The van der Waals surface area contributed by atoms with Crippen LogP contribution >= 0.6 is 0 Å². The zero-order valence-corrected chi connectivity index (χ0v) is 20.5. The van der Waals surface area contributed by atoms with Gasteiger partial charge in [-0.25, -0.2) is 0 Å². The maximum Gasteiger partial charge on any atom is 0.300 e. The highest BCUT2D eigenvalue weighted by Gasteiger charge is 2.47. The van der Waals surface area contributed by atoms with Crippen LogP contribution in [0.5, 0.6) is 11.5 Å². The number of aliphatic hydroxyl groups is 1. The van der Waals surface area contributed by atoms with Crippen molar-refractivity contribution in [2.75, 3.05) is 19.1 Å². The molecule has 0 spiro atoms. The van der Waals surface area contributed by atoms with Crippen LogP contribution in [-0.2, 0) is 15.0 Å². The molecule has 1 saturated heterocycles. The lowest BCUT2D eigenvalue weighted by molar-refractivity contribution is -0.132. The smallest absolute Gasteiger partial charge is 0.300 e. The summed E-state index contributed by atoms with van der Waals surface area (Å²) in [4.78, 5) is 28.1. The standard InChI is InChI=1S/C29H29NO5/c1-29(2,3)20-13-9-18(10-14-20)25-24(26(31)19-11-15-22(34-4)16-12-19)27(32)28(33)30(25)21-7-6-8-23(17-21)35-5/h6-17,25,31H,1-5H3/b26-24+. The lowest BCUT2D eigenvalue weighted by atomic mass is 9.85. The van der Waals surface area contributed by atoms with Crippen molar-refractivity contribution < 1.29 is 24.2 Å². The third-order valence-corrected chi connectivity index (χ3v) is 6.23. The monoisotopic (exact) mass is 471 g/mol. The Labute approximate surface area is 205 Å². The first-order valence-electron chi connectivity index (χ1n) is 11.4. The Kier molecular flexibility index (Phi) is 6.39. The van der Waals surface area contributed by atoms with Gasteiger partial charge in [0.2, 0.25) is 0 Å². The molecule has 0 saturated carbocycles. The van der Waals surface area contributed by atoms with Gasteiger partial charge in [-0.3, -0.25) is 14.5 Å². The number of rotatable bonds is 5. The zero-order valence-electron chi connectivity index (χ0n) is 20.5. The van der Waals surface area contributed by atoms with Crippen LogP contribution in [0.25, 0.3) is 5.76 Å². The summed E-state index contributed by atoms with van der Waals surface area (Å²) in [6, 6.07) is 20.7. The SMILES string of the molecule is COc1ccc(/C(O)=C2\C(=O)C(=O)N(c3cccc(OC)c3)C2c2ccc(C(C)(C)C)cc2)cc1. The molecule has 1 heterocycles. The number of Topliss-reactive ketones (excluding diaryl/α,β-unsaturated/α-hetero) is 1. The molecule has 4 rings (SSSR count). The van der Waals surface area contributed by atoms with Crippen molar-refractivity contribution in [3.8, 4) is 11.5 Å². The van der Waals surface area contributed by atoms with Crippen LogP contribution in [0.2, 0.25) is 0 Å². The third kappa shape index (κ3) is 4.52. The number of methoxy groups -OCH3 is 2. The molecule has 180 valence electrons. The van der Waals surface area contributed by atoms with Gasteiger partial charge in [0.15, 0.2) is 0 Å². The molecule has 1 aliphatic heterocycles. The van der Waals surface area contributed by atoms with Crippen LogP contribution in [-0.4, -0.2) is 31.0 Å². The molecule has 1 atom stereocenters. The number of carbonyl (C=O) groups excluding carboxylic acids is 2. The molecule has 0 bridgehead atoms. The normalized spacial score (nSPS) is 17.5. The van der Waals surface area contributed by atoms with Gasteiger partial charge in [-0.2, -0.15) is 0 Å². The van der Waals surface area contributed by atoms with Crippen molar-refractivity contribution in [3.63, 3.8) is 0 Å². The third-order valence-electron chi connectivity index (χ3n) is 6.23. The predicted octanol–water partition coefficient (Wildman–Crippen LogP) is 5.63. The van der Waals surface area contributed by atoms with E-state index >= 15 is 0 Å². The van der Waals surface area contributed by atoms with E-state index in [0.717, 1.165) is 11.1 Å². The van der Waals surface area contributed by atoms with Crippen LogP contribution in [0, 0.1) is 0 Å². The van der Waals surface area contributed by atoms with Crippen LogP contribution < -0.4 is 14.4 Å². The molecule has 0 aromatic heterocycles. The van der Waals surface area contributed by atoms with Gasteiger partial charge in [0, 0.05) is 17.3 Å². The number of ketones is 1. The van der Waals surface area contributed by atoms with Gasteiger partial charge in [-0.05, 0) is 52.9 Å². The van der Waals surface area contributed by atoms with E-state index in [2.05, 4.69) is 20.8 Å². The number of hydrogen-bond donors (Lipinski definition) is 1. The maximum atomic E-state index is 13.3. The average molecular weight is 472 g/mol. The minimum atomic E-state index is -0.807. The van der Waals surface area contributed by atoms with E-state index in [1.807, 2.05) is 24.3 Å². The quantitative estimate of drug-likeness (QED) is 0.297. The number of benzene rings is 3.